The molecule has 0 aromatic heterocycles. The molecule has 2 saturated carbocycles. The fourth-order valence-corrected chi connectivity index (χ4v) is 3.76. The molecule has 0 heterocycles. The van der Waals surface area contributed by atoms with E-state index < -0.39 is 0 Å². The van der Waals surface area contributed by atoms with Gasteiger partial charge in [0.05, 0.1) is 5.60 Å². The topological polar surface area (TPSA) is 9.23 Å². The Hall–Kier alpha value is -0.0400. The first kappa shape index (κ1) is 9.51. The van der Waals surface area contributed by atoms with E-state index >= 15 is 0 Å². The van der Waals surface area contributed by atoms with Crippen LogP contribution in [-0.4, -0.2) is 12.7 Å². The van der Waals surface area contributed by atoms with E-state index in [1.54, 1.807) is 0 Å². The summed E-state index contributed by atoms with van der Waals surface area (Å²) in [5, 5.41) is 0. The van der Waals surface area contributed by atoms with Crippen molar-refractivity contribution in [2.75, 3.05) is 7.11 Å². The molecule has 0 aromatic carbocycles. The highest BCUT2D eigenvalue weighted by Crippen LogP contribution is 2.51. The molecule has 0 saturated heterocycles. The third kappa shape index (κ3) is 1.76. The normalized spacial score (nSPS) is 43.2. The quantitative estimate of drug-likeness (QED) is 0.604. The van der Waals surface area contributed by atoms with Crippen LogP contribution in [0.4, 0.5) is 0 Å². The zero-order valence-corrected chi connectivity index (χ0v) is 9.23. The average Bonchev–Trinajstić information content (AvgIpc) is 2.01. The van der Waals surface area contributed by atoms with Gasteiger partial charge in [0.15, 0.2) is 0 Å². The van der Waals surface area contributed by atoms with Crippen LogP contribution in [0.3, 0.4) is 0 Å². The average molecular weight is 182 g/mol. The second kappa shape index (κ2) is 2.98. The van der Waals surface area contributed by atoms with Gasteiger partial charge in [0, 0.05) is 7.11 Å². The van der Waals surface area contributed by atoms with Crippen LogP contribution in [0.1, 0.15) is 52.4 Å². The Bertz CT molecular complexity index is 197. The molecule has 0 aliphatic heterocycles. The number of methoxy groups -OCH3 is 1. The minimum Gasteiger partial charge on any atom is -0.378 e. The van der Waals surface area contributed by atoms with E-state index in [1.807, 2.05) is 7.11 Å². The molecule has 2 bridgehead atoms. The van der Waals surface area contributed by atoms with Gasteiger partial charge in [0.1, 0.15) is 0 Å². The zero-order valence-electron chi connectivity index (χ0n) is 9.23. The van der Waals surface area contributed by atoms with Crippen molar-refractivity contribution in [3.63, 3.8) is 0 Å². The van der Waals surface area contributed by atoms with Gasteiger partial charge in [-0.25, -0.2) is 0 Å². The molecule has 1 nitrogen and oxygen atoms in total. The van der Waals surface area contributed by atoms with Gasteiger partial charge >= 0.3 is 0 Å². The van der Waals surface area contributed by atoms with Crippen LogP contribution in [0, 0.1) is 11.3 Å². The lowest BCUT2D eigenvalue weighted by atomic mass is 9.60. The van der Waals surface area contributed by atoms with Crippen molar-refractivity contribution in [2.24, 2.45) is 11.3 Å². The number of ether oxygens (including phenoxy) is 1. The molecule has 0 amide bonds. The summed E-state index contributed by atoms with van der Waals surface area (Å²) in [7, 11) is 1.91. The van der Waals surface area contributed by atoms with Crippen molar-refractivity contribution in [1.82, 2.24) is 0 Å². The molecule has 0 radical (unpaired) electrons. The largest absolute Gasteiger partial charge is 0.378 e. The highest BCUT2D eigenvalue weighted by atomic mass is 16.5. The Labute approximate surface area is 81.9 Å². The van der Waals surface area contributed by atoms with Gasteiger partial charge in [-0.3, -0.25) is 0 Å². The fraction of sp³-hybridized carbons (Fsp3) is 1.00. The molecule has 1 heteroatoms. The molecule has 0 N–H and O–H groups in total. The van der Waals surface area contributed by atoms with Crippen molar-refractivity contribution < 1.29 is 4.74 Å². The Balaban J connectivity index is 2.17. The van der Waals surface area contributed by atoms with Gasteiger partial charge in [-0.1, -0.05) is 26.7 Å². The molecule has 2 aliphatic carbocycles. The predicted octanol–water partition coefficient (Wildman–Crippen LogP) is 3.38. The minimum atomic E-state index is 0.255. The zero-order chi connectivity index (χ0) is 9.53. The summed E-state index contributed by atoms with van der Waals surface area (Å²) in [6, 6.07) is 0. The summed E-state index contributed by atoms with van der Waals surface area (Å²) in [5.41, 5.74) is 0.768. The summed E-state index contributed by atoms with van der Waals surface area (Å²) in [6.07, 6.45) is 8.13. The van der Waals surface area contributed by atoms with E-state index in [4.69, 9.17) is 4.74 Å². The maximum Gasteiger partial charge on any atom is 0.0686 e. The van der Waals surface area contributed by atoms with Crippen LogP contribution >= 0.6 is 0 Å². The molecule has 2 atom stereocenters. The van der Waals surface area contributed by atoms with Crippen LogP contribution < -0.4 is 0 Å². The number of hydrogen-bond acceptors (Lipinski definition) is 1. The molecule has 2 rings (SSSR count). The minimum absolute atomic E-state index is 0.255. The van der Waals surface area contributed by atoms with Crippen LogP contribution in [0.25, 0.3) is 0 Å². The highest BCUT2D eigenvalue weighted by molar-refractivity contribution is 4.98. The van der Waals surface area contributed by atoms with Crippen LogP contribution in [-0.2, 0) is 4.74 Å². The van der Waals surface area contributed by atoms with Gasteiger partial charge in [0.25, 0.3) is 0 Å². The van der Waals surface area contributed by atoms with Crippen LogP contribution in [0.2, 0.25) is 0 Å². The Kier molecular flexibility index (Phi) is 2.18. The van der Waals surface area contributed by atoms with E-state index in [9.17, 15) is 0 Å². The Morgan fingerprint density at radius 1 is 1.23 bits per heavy atom. The fourth-order valence-electron chi connectivity index (χ4n) is 3.76. The molecule has 0 spiro atoms. The summed E-state index contributed by atoms with van der Waals surface area (Å²) in [4.78, 5) is 0. The lowest BCUT2D eigenvalue weighted by Gasteiger charge is -2.50. The van der Waals surface area contributed by atoms with E-state index in [0.29, 0.717) is 5.41 Å². The second-order valence-electron chi connectivity index (χ2n) is 5.89. The standard InChI is InChI=1S/C12H22O/c1-11(2)7-10-5-4-6-12(8-10,9-11)13-3/h10H,4-9H2,1-3H3. The molecule has 76 valence electrons. The first-order chi connectivity index (χ1) is 6.05. The van der Waals surface area contributed by atoms with Gasteiger partial charge in [-0.2, -0.15) is 0 Å². The molecule has 2 fully saturated rings. The third-order valence-corrected chi connectivity index (χ3v) is 3.98. The van der Waals surface area contributed by atoms with E-state index in [1.165, 1.54) is 38.5 Å². The molecular weight excluding hydrogens is 160 g/mol. The van der Waals surface area contributed by atoms with Crippen LogP contribution in [0.15, 0.2) is 0 Å². The smallest absolute Gasteiger partial charge is 0.0686 e. The van der Waals surface area contributed by atoms with E-state index in [-0.39, 0.29) is 5.60 Å². The van der Waals surface area contributed by atoms with Crippen molar-refractivity contribution in [1.29, 1.82) is 0 Å². The molecule has 0 aromatic rings. The van der Waals surface area contributed by atoms with Crippen LogP contribution in [0.5, 0.6) is 0 Å². The SMILES string of the molecule is COC12CCCC(CC(C)(C)C1)C2. The molecule has 2 aliphatic rings. The summed E-state index contributed by atoms with van der Waals surface area (Å²) in [5.74, 6) is 0.942. The summed E-state index contributed by atoms with van der Waals surface area (Å²) >= 11 is 0. The monoisotopic (exact) mass is 182 g/mol. The van der Waals surface area contributed by atoms with E-state index in [2.05, 4.69) is 13.8 Å². The van der Waals surface area contributed by atoms with Crippen molar-refractivity contribution in [2.45, 2.75) is 58.0 Å². The number of rotatable bonds is 1. The van der Waals surface area contributed by atoms with Crippen molar-refractivity contribution >= 4 is 0 Å². The van der Waals surface area contributed by atoms with Gasteiger partial charge in [-0.15, -0.1) is 0 Å². The lowest BCUT2D eigenvalue weighted by Crippen LogP contribution is -2.46. The molecular formula is C12H22O. The molecule has 13 heavy (non-hydrogen) atoms. The van der Waals surface area contributed by atoms with Gasteiger partial charge in [0.2, 0.25) is 0 Å². The number of fused-ring (bicyclic) bond motifs is 2. The second-order valence-corrected chi connectivity index (χ2v) is 5.89. The summed E-state index contributed by atoms with van der Waals surface area (Å²) < 4.78 is 5.79. The maximum atomic E-state index is 5.79. The first-order valence-corrected chi connectivity index (χ1v) is 5.60. The maximum absolute atomic E-state index is 5.79. The first-order valence-electron chi connectivity index (χ1n) is 5.60. The Morgan fingerprint density at radius 2 is 2.00 bits per heavy atom. The molecule has 2 unspecified atom stereocenters. The number of hydrogen-bond donors (Lipinski definition) is 0. The van der Waals surface area contributed by atoms with Crippen molar-refractivity contribution in [3.8, 4) is 0 Å². The summed E-state index contributed by atoms with van der Waals surface area (Å²) in [6.45, 7) is 4.80. The predicted molar refractivity (Wildman–Crippen MR) is 54.7 cm³/mol. The van der Waals surface area contributed by atoms with Gasteiger partial charge in [-0.05, 0) is 37.0 Å². The highest BCUT2D eigenvalue weighted by Gasteiger charge is 2.46. The van der Waals surface area contributed by atoms with Gasteiger partial charge < -0.3 is 4.74 Å². The lowest BCUT2D eigenvalue weighted by molar-refractivity contribution is -0.115. The third-order valence-electron chi connectivity index (χ3n) is 3.98. The Morgan fingerprint density at radius 3 is 2.69 bits per heavy atom. The van der Waals surface area contributed by atoms with E-state index in [0.717, 1.165) is 5.92 Å². The van der Waals surface area contributed by atoms with Crippen molar-refractivity contribution in [3.05, 3.63) is 0 Å².